The van der Waals surface area contributed by atoms with Crippen molar-refractivity contribution in [3.63, 3.8) is 0 Å². The van der Waals surface area contributed by atoms with E-state index in [9.17, 15) is 9.59 Å². The average molecular weight is 464 g/mol. The molecule has 0 spiro atoms. The third kappa shape index (κ3) is 5.29. The zero-order chi connectivity index (χ0) is 23.4. The Balaban J connectivity index is 1.42. The molecule has 0 aromatic heterocycles. The van der Waals surface area contributed by atoms with Gasteiger partial charge in [-0.1, -0.05) is 53.6 Å². The second kappa shape index (κ2) is 9.96. The maximum Gasteiger partial charge on any atom is 0.276 e. The van der Waals surface area contributed by atoms with Gasteiger partial charge in [0.05, 0.1) is 12.2 Å². The number of halogens is 1. The Morgan fingerprint density at radius 3 is 2.61 bits per heavy atom. The van der Waals surface area contributed by atoms with Crippen LogP contribution >= 0.6 is 11.6 Å². The van der Waals surface area contributed by atoms with E-state index in [2.05, 4.69) is 10.7 Å². The maximum absolute atomic E-state index is 13.2. The summed E-state index contributed by atoms with van der Waals surface area (Å²) in [5, 5.41) is 5.40. The molecule has 1 unspecified atom stereocenters. The van der Waals surface area contributed by atoms with E-state index in [1.807, 2.05) is 62.4 Å². The molecule has 0 aliphatic carbocycles. The van der Waals surface area contributed by atoms with Crippen LogP contribution in [0.25, 0.3) is 0 Å². The van der Waals surface area contributed by atoms with Gasteiger partial charge in [-0.3, -0.25) is 15.0 Å². The van der Waals surface area contributed by atoms with Crippen molar-refractivity contribution in [2.75, 3.05) is 11.9 Å². The van der Waals surface area contributed by atoms with E-state index in [0.717, 1.165) is 28.1 Å². The topological polar surface area (TPSA) is 70.7 Å². The monoisotopic (exact) mass is 463 g/mol. The summed E-state index contributed by atoms with van der Waals surface area (Å²) < 4.78 is 5.77. The van der Waals surface area contributed by atoms with Crippen LogP contribution in [0.4, 0.5) is 5.69 Å². The smallest absolute Gasteiger partial charge is 0.276 e. The number of carbonyl (C=O) groups is 2. The minimum absolute atomic E-state index is 0.221. The lowest BCUT2D eigenvalue weighted by Gasteiger charge is -2.37. The number of nitrogens with zero attached hydrogens (tertiary/aromatic N) is 1. The molecule has 1 aliphatic rings. The molecule has 1 heterocycles. The largest absolute Gasteiger partial charge is 0.493 e. The Hall–Kier alpha value is -3.51. The molecule has 1 atom stereocenters. The van der Waals surface area contributed by atoms with Crippen molar-refractivity contribution in [2.45, 2.75) is 32.9 Å². The van der Waals surface area contributed by atoms with Crippen molar-refractivity contribution in [1.82, 2.24) is 10.4 Å². The summed E-state index contributed by atoms with van der Waals surface area (Å²) >= 11 is 5.97. The minimum atomic E-state index is -0.509. The Kier molecular flexibility index (Phi) is 6.84. The summed E-state index contributed by atoms with van der Waals surface area (Å²) in [5.74, 6) is 0.237. The first-order chi connectivity index (χ1) is 15.9. The second-order valence-corrected chi connectivity index (χ2v) is 8.51. The van der Waals surface area contributed by atoms with Crippen LogP contribution < -0.4 is 15.5 Å². The Morgan fingerprint density at radius 2 is 1.85 bits per heavy atom. The second-order valence-electron chi connectivity index (χ2n) is 8.08. The van der Waals surface area contributed by atoms with Gasteiger partial charge in [0.1, 0.15) is 11.9 Å². The van der Waals surface area contributed by atoms with E-state index in [4.69, 9.17) is 16.3 Å². The summed E-state index contributed by atoms with van der Waals surface area (Å²) in [6.45, 7) is 4.31. The van der Waals surface area contributed by atoms with Crippen LogP contribution in [0, 0.1) is 13.8 Å². The zero-order valence-electron chi connectivity index (χ0n) is 18.6. The van der Waals surface area contributed by atoms with Crippen LogP contribution in [0.15, 0.2) is 66.7 Å². The number of amides is 2. The van der Waals surface area contributed by atoms with E-state index >= 15 is 0 Å². The molecule has 3 aromatic carbocycles. The number of carbonyl (C=O) groups excluding carboxylic acids is 2. The minimum Gasteiger partial charge on any atom is -0.493 e. The summed E-state index contributed by atoms with van der Waals surface area (Å²) in [5.41, 5.74) is 7.00. The number of hydrogen-bond acceptors (Lipinski definition) is 4. The Labute approximate surface area is 198 Å². The molecule has 2 N–H and O–H groups in total. The first-order valence-electron chi connectivity index (χ1n) is 10.9. The summed E-state index contributed by atoms with van der Waals surface area (Å²) in [7, 11) is 0. The van der Waals surface area contributed by atoms with Gasteiger partial charge in [0.25, 0.3) is 5.91 Å². The fourth-order valence-electron chi connectivity index (χ4n) is 3.73. The molecule has 0 saturated heterocycles. The van der Waals surface area contributed by atoms with Gasteiger partial charge in [0.2, 0.25) is 5.91 Å². The Bertz CT molecular complexity index is 1160. The highest BCUT2D eigenvalue weighted by atomic mass is 35.5. The van der Waals surface area contributed by atoms with Crippen molar-refractivity contribution in [1.29, 1.82) is 0 Å². The van der Waals surface area contributed by atoms with Gasteiger partial charge in [0, 0.05) is 17.1 Å². The number of para-hydroxylation sites is 1. The molecule has 0 saturated carbocycles. The molecule has 0 bridgehead atoms. The normalized spacial score (nSPS) is 14.9. The predicted molar refractivity (Wildman–Crippen MR) is 129 cm³/mol. The zero-order valence-corrected chi connectivity index (χ0v) is 19.4. The van der Waals surface area contributed by atoms with Gasteiger partial charge in [-0.25, -0.2) is 5.01 Å². The number of rotatable bonds is 7. The molecular formula is C26H26ClN3O3. The molecule has 3 aromatic rings. The number of nitrogens with one attached hydrogen (secondary N) is 2. The molecule has 0 radical (unpaired) electrons. The fourth-order valence-corrected chi connectivity index (χ4v) is 3.96. The number of benzene rings is 3. The molecule has 7 heteroatoms. The lowest BCUT2D eigenvalue weighted by molar-refractivity contribution is -0.126. The van der Waals surface area contributed by atoms with Crippen LogP contribution in [-0.4, -0.2) is 23.4 Å². The molecular weight excluding hydrogens is 438 g/mol. The van der Waals surface area contributed by atoms with E-state index in [0.29, 0.717) is 23.6 Å². The molecule has 170 valence electrons. The number of aryl methyl sites for hydroxylation is 2. The van der Waals surface area contributed by atoms with E-state index in [-0.39, 0.29) is 18.2 Å². The van der Waals surface area contributed by atoms with Crippen LogP contribution in [-0.2, 0) is 4.79 Å². The lowest BCUT2D eigenvalue weighted by Crippen LogP contribution is -2.52. The lowest BCUT2D eigenvalue weighted by atomic mass is 10.0. The third-order valence-corrected chi connectivity index (χ3v) is 5.74. The molecule has 6 nitrogen and oxygen atoms in total. The fraction of sp³-hybridized carbons (Fsp3) is 0.231. The molecule has 2 amide bonds. The van der Waals surface area contributed by atoms with Gasteiger partial charge in [-0.05, 0) is 61.7 Å². The summed E-state index contributed by atoms with van der Waals surface area (Å²) in [4.78, 5) is 25.9. The van der Waals surface area contributed by atoms with Crippen molar-refractivity contribution in [3.8, 4) is 5.75 Å². The van der Waals surface area contributed by atoms with E-state index in [1.165, 1.54) is 5.01 Å². The van der Waals surface area contributed by atoms with Crippen LogP contribution in [0.2, 0.25) is 5.02 Å². The number of ether oxygens (including phenoxy) is 1. The van der Waals surface area contributed by atoms with Gasteiger partial charge in [-0.2, -0.15) is 0 Å². The molecule has 1 aliphatic heterocycles. The highest BCUT2D eigenvalue weighted by molar-refractivity contribution is 6.30. The van der Waals surface area contributed by atoms with E-state index in [1.54, 1.807) is 18.2 Å². The van der Waals surface area contributed by atoms with Crippen LogP contribution in [0.3, 0.4) is 0 Å². The van der Waals surface area contributed by atoms with Gasteiger partial charge >= 0.3 is 0 Å². The van der Waals surface area contributed by atoms with Crippen LogP contribution in [0.5, 0.6) is 5.75 Å². The van der Waals surface area contributed by atoms with Gasteiger partial charge < -0.3 is 10.1 Å². The maximum atomic E-state index is 13.2. The Morgan fingerprint density at radius 1 is 1.09 bits per heavy atom. The molecule has 4 rings (SSSR count). The van der Waals surface area contributed by atoms with Gasteiger partial charge in [0.15, 0.2) is 0 Å². The highest BCUT2D eigenvalue weighted by Crippen LogP contribution is 2.32. The van der Waals surface area contributed by atoms with Crippen molar-refractivity contribution >= 4 is 29.1 Å². The highest BCUT2D eigenvalue weighted by Gasteiger charge is 2.34. The molecule has 0 fully saturated rings. The van der Waals surface area contributed by atoms with Crippen molar-refractivity contribution in [2.24, 2.45) is 0 Å². The molecule has 33 heavy (non-hydrogen) atoms. The number of fused-ring (bicyclic) bond motifs is 1. The summed E-state index contributed by atoms with van der Waals surface area (Å²) in [6.07, 6.45) is 0.221. The van der Waals surface area contributed by atoms with E-state index < -0.39 is 6.17 Å². The van der Waals surface area contributed by atoms with Crippen molar-refractivity contribution < 1.29 is 14.3 Å². The number of anilines is 1. The third-order valence-electron chi connectivity index (χ3n) is 5.51. The number of hydrogen-bond donors (Lipinski definition) is 2. The predicted octanol–water partition coefficient (Wildman–Crippen LogP) is 5.41. The average Bonchev–Trinajstić information content (AvgIpc) is 2.80. The first-order valence-corrected chi connectivity index (χ1v) is 11.2. The first kappa shape index (κ1) is 22.7. The van der Waals surface area contributed by atoms with Crippen molar-refractivity contribution in [3.05, 3.63) is 94.0 Å². The number of hydrazine groups is 1. The summed E-state index contributed by atoms with van der Waals surface area (Å²) in [6, 6.07) is 20.6. The van der Waals surface area contributed by atoms with Crippen LogP contribution in [0.1, 0.15) is 46.1 Å². The standard InChI is InChI=1S/C26H26ClN3O3/c1-17-9-11-19(12-10-17)25-28-22-7-4-3-6-21(22)26(32)30(25)29-24(31)8-5-15-33-23-14-13-20(27)16-18(23)2/h3-4,6-7,9-14,16,25,28H,5,8,15H2,1-2H3,(H,29,31). The quantitative estimate of drug-likeness (QED) is 0.459. The SMILES string of the molecule is Cc1ccc(C2Nc3ccccc3C(=O)N2NC(=O)CCCOc2ccc(Cl)cc2C)cc1. The van der Waals surface area contributed by atoms with Gasteiger partial charge in [-0.15, -0.1) is 0 Å².